The maximum atomic E-state index is 6.02. The van der Waals surface area contributed by atoms with E-state index in [0.717, 1.165) is 27.5 Å². The maximum absolute atomic E-state index is 6.02. The van der Waals surface area contributed by atoms with Crippen LogP contribution in [0.3, 0.4) is 0 Å². The molecule has 1 nitrogen and oxygen atoms in total. The lowest BCUT2D eigenvalue weighted by Crippen LogP contribution is -1.87. The second-order valence-corrected chi connectivity index (χ2v) is 4.72. The summed E-state index contributed by atoms with van der Waals surface area (Å²) in [6.45, 7) is 0. The Labute approximate surface area is 117 Å². The molecule has 19 heavy (non-hydrogen) atoms. The first-order chi connectivity index (χ1) is 9.33. The zero-order valence-corrected chi connectivity index (χ0v) is 11.0. The first-order valence-electron chi connectivity index (χ1n) is 6.11. The Morgan fingerprint density at radius 1 is 0.632 bits per heavy atom. The number of pyridine rings is 1. The molecule has 0 amide bonds. The molecule has 0 spiro atoms. The van der Waals surface area contributed by atoms with Crippen molar-refractivity contribution in [2.45, 2.75) is 0 Å². The minimum Gasteiger partial charge on any atom is -0.248 e. The van der Waals surface area contributed by atoms with Crippen LogP contribution in [0.15, 0.2) is 72.8 Å². The lowest BCUT2D eigenvalue weighted by Gasteiger charge is -2.05. The fourth-order valence-corrected chi connectivity index (χ4v) is 2.20. The van der Waals surface area contributed by atoms with Crippen LogP contribution in [0, 0.1) is 0 Å². The molecule has 0 aliphatic rings. The Kier molecular flexibility index (Phi) is 3.30. The molecule has 0 fully saturated rings. The van der Waals surface area contributed by atoms with Gasteiger partial charge in [-0.25, -0.2) is 4.98 Å². The van der Waals surface area contributed by atoms with Crippen molar-refractivity contribution in [3.05, 3.63) is 77.8 Å². The van der Waals surface area contributed by atoms with Gasteiger partial charge in [0.15, 0.2) is 0 Å². The van der Waals surface area contributed by atoms with Gasteiger partial charge in [0.1, 0.15) is 0 Å². The van der Waals surface area contributed by atoms with Gasteiger partial charge in [0.05, 0.1) is 11.4 Å². The normalized spacial score (nSPS) is 10.4. The van der Waals surface area contributed by atoms with Gasteiger partial charge in [-0.2, -0.15) is 0 Å². The van der Waals surface area contributed by atoms with Crippen LogP contribution in [0.25, 0.3) is 22.5 Å². The molecule has 0 saturated heterocycles. The molecule has 0 aliphatic heterocycles. The third-order valence-electron chi connectivity index (χ3n) is 2.94. The van der Waals surface area contributed by atoms with E-state index in [1.54, 1.807) is 0 Å². The summed E-state index contributed by atoms with van der Waals surface area (Å²) in [6, 6.07) is 23.9. The van der Waals surface area contributed by atoms with Crippen molar-refractivity contribution in [3.8, 4) is 22.5 Å². The van der Waals surface area contributed by atoms with Crippen molar-refractivity contribution in [1.82, 2.24) is 4.98 Å². The molecule has 0 bridgehead atoms. The summed E-state index contributed by atoms with van der Waals surface area (Å²) in [4.78, 5) is 4.70. The van der Waals surface area contributed by atoms with E-state index in [-0.39, 0.29) is 0 Å². The second kappa shape index (κ2) is 5.25. The predicted octanol–water partition coefficient (Wildman–Crippen LogP) is 5.07. The van der Waals surface area contributed by atoms with Crippen LogP contribution in [0.1, 0.15) is 0 Å². The minimum absolute atomic E-state index is 0.726. The van der Waals surface area contributed by atoms with E-state index in [1.807, 2.05) is 60.7 Å². The van der Waals surface area contributed by atoms with Crippen molar-refractivity contribution >= 4 is 11.6 Å². The van der Waals surface area contributed by atoms with Crippen LogP contribution in [0.5, 0.6) is 0 Å². The lowest BCUT2D eigenvalue weighted by atomic mass is 10.1. The molecule has 0 N–H and O–H groups in total. The molecule has 0 saturated carbocycles. The van der Waals surface area contributed by atoms with E-state index >= 15 is 0 Å². The van der Waals surface area contributed by atoms with Crippen molar-refractivity contribution < 1.29 is 0 Å². The molecule has 92 valence electrons. The highest BCUT2D eigenvalue weighted by Crippen LogP contribution is 2.24. The third kappa shape index (κ3) is 2.67. The average Bonchev–Trinajstić information content (AvgIpc) is 2.48. The number of nitrogens with zero attached hydrogens (tertiary/aromatic N) is 1. The van der Waals surface area contributed by atoms with Gasteiger partial charge in [-0.1, -0.05) is 60.1 Å². The topological polar surface area (TPSA) is 12.9 Å². The summed E-state index contributed by atoms with van der Waals surface area (Å²) < 4.78 is 0. The molecule has 0 aliphatic carbocycles. The lowest BCUT2D eigenvalue weighted by molar-refractivity contribution is 1.32. The third-order valence-corrected chi connectivity index (χ3v) is 3.17. The van der Waals surface area contributed by atoms with E-state index in [4.69, 9.17) is 16.6 Å². The van der Waals surface area contributed by atoms with Crippen LogP contribution in [-0.2, 0) is 0 Å². The first kappa shape index (κ1) is 11.9. The second-order valence-electron chi connectivity index (χ2n) is 4.28. The van der Waals surface area contributed by atoms with Crippen molar-refractivity contribution in [2.75, 3.05) is 0 Å². The molecular formula is C17H12ClN. The summed E-state index contributed by atoms with van der Waals surface area (Å²) >= 11 is 6.02. The van der Waals surface area contributed by atoms with Gasteiger partial charge in [0.2, 0.25) is 0 Å². The molecular weight excluding hydrogens is 254 g/mol. The van der Waals surface area contributed by atoms with Crippen molar-refractivity contribution in [2.24, 2.45) is 0 Å². The number of hydrogen-bond acceptors (Lipinski definition) is 1. The molecule has 3 aromatic rings. The largest absolute Gasteiger partial charge is 0.248 e. The standard InChI is InChI=1S/C17H12ClN/c18-15-9-4-8-14(12-15)17-11-5-10-16(19-17)13-6-2-1-3-7-13/h1-12H. The Morgan fingerprint density at radius 2 is 1.26 bits per heavy atom. The summed E-state index contributed by atoms with van der Waals surface area (Å²) in [5.41, 5.74) is 4.05. The minimum atomic E-state index is 0.726. The van der Waals surface area contributed by atoms with Gasteiger partial charge in [-0.3, -0.25) is 0 Å². The zero-order valence-electron chi connectivity index (χ0n) is 10.3. The van der Waals surface area contributed by atoms with E-state index in [2.05, 4.69) is 12.1 Å². The fraction of sp³-hybridized carbons (Fsp3) is 0. The van der Waals surface area contributed by atoms with Gasteiger partial charge < -0.3 is 0 Å². The van der Waals surface area contributed by atoms with Crippen LogP contribution in [0.4, 0.5) is 0 Å². The smallest absolute Gasteiger partial charge is 0.0710 e. The molecule has 2 heteroatoms. The number of aromatic nitrogens is 1. The SMILES string of the molecule is Clc1cccc(-c2cccc(-c3ccccc3)n2)c1. The molecule has 0 radical (unpaired) electrons. The van der Waals surface area contributed by atoms with Crippen molar-refractivity contribution in [1.29, 1.82) is 0 Å². The summed E-state index contributed by atoms with van der Waals surface area (Å²) in [7, 11) is 0. The Balaban J connectivity index is 2.06. The Bertz CT molecular complexity index is 692. The fourth-order valence-electron chi connectivity index (χ4n) is 2.01. The van der Waals surface area contributed by atoms with E-state index in [9.17, 15) is 0 Å². The number of rotatable bonds is 2. The van der Waals surface area contributed by atoms with Gasteiger partial charge in [0.25, 0.3) is 0 Å². The maximum Gasteiger partial charge on any atom is 0.0710 e. The molecule has 0 unspecified atom stereocenters. The molecule has 1 aromatic heterocycles. The zero-order chi connectivity index (χ0) is 13.1. The van der Waals surface area contributed by atoms with Gasteiger partial charge >= 0.3 is 0 Å². The highest BCUT2D eigenvalue weighted by Gasteiger charge is 2.03. The van der Waals surface area contributed by atoms with E-state index < -0.39 is 0 Å². The molecule has 0 atom stereocenters. The van der Waals surface area contributed by atoms with Crippen LogP contribution < -0.4 is 0 Å². The summed E-state index contributed by atoms with van der Waals surface area (Å²) in [5.74, 6) is 0. The van der Waals surface area contributed by atoms with Crippen molar-refractivity contribution in [3.63, 3.8) is 0 Å². The van der Waals surface area contributed by atoms with Crippen LogP contribution >= 0.6 is 11.6 Å². The van der Waals surface area contributed by atoms with Gasteiger partial charge in [0, 0.05) is 16.1 Å². The van der Waals surface area contributed by atoms with Crippen LogP contribution in [0.2, 0.25) is 5.02 Å². The number of hydrogen-bond donors (Lipinski definition) is 0. The number of halogens is 1. The van der Waals surface area contributed by atoms with E-state index in [0.29, 0.717) is 0 Å². The van der Waals surface area contributed by atoms with Gasteiger partial charge in [-0.05, 0) is 24.3 Å². The van der Waals surface area contributed by atoms with Crippen LogP contribution in [-0.4, -0.2) is 4.98 Å². The highest BCUT2D eigenvalue weighted by atomic mass is 35.5. The Hall–Kier alpha value is -2.12. The molecule has 1 heterocycles. The highest BCUT2D eigenvalue weighted by molar-refractivity contribution is 6.30. The Morgan fingerprint density at radius 3 is 2.00 bits per heavy atom. The van der Waals surface area contributed by atoms with Gasteiger partial charge in [-0.15, -0.1) is 0 Å². The number of benzene rings is 2. The molecule has 2 aromatic carbocycles. The molecule has 3 rings (SSSR count). The monoisotopic (exact) mass is 265 g/mol. The quantitative estimate of drug-likeness (QED) is 0.630. The average molecular weight is 266 g/mol. The first-order valence-corrected chi connectivity index (χ1v) is 6.49. The summed E-state index contributed by atoms with van der Waals surface area (Å²) in [5, 5.41) is 0.726. The summed E-state index contributed by atoms with van der Waals surface area (Å²) in [6.07, 6.45) is 0. The predicted molar refractivity (Wildman–Crippen MR) is 80.1 cm³/mol. The van der Waals surface area contributed by atoms with E-state index in [1.165, 1.54) is 0 Å².